The van der Waals surface area contributed by atoms with Gasteiger partial charge >= 0.3 is 6.09 Å². The Bertz CT molecular complexity index is 293. The van der Waals surface area contributed by atoms with E-state index in [1.54, 1.807) is 0 Å². The van der Waals surface area contributed by atoms with Crippen LogP contribution in [0, 0.1) is 5.92 Å². The van der Waals surface area contributed by atoms with Crippen molar-refractivity contribution in [3.63, 3.8) is 0 Å². The molecule has 1 unspecified atom stereocenters. The predicted molar refractivity (Wildman–Crippen MR) is 68.5 cm³/mol. The van der Waals surface area contributed by atoms with Gasteiger partial charge in [-0.15, -0.1) is 0 Å². The molecule has 2 aliphatic rings. The number of hydrogen-bond donors (Lipinski definition) is 2. The number of alkyl carbamates (subject to hydrolysis) is 1. The molecule has 104 valence electrons. The van der Waals surface area contributed by atoms with Gasteiger partial charge in [0.15, 0.2) is 0 Å². The summed E-state index contributed by atoms with van der Waals surface area (Å²) in [5, 5.41) is 6.39. The van der Waals surface area contributed by atoms with Crippen LogP contribution >= 0.6 is 0 Å². The van der Waals surface area contributed by atoms with Crippen LogP contribution in [0.4, 0.5) is 4.79 Å². The Morgan fingerprint density at radius 1 is 1.39 bits per heavy atom. The molecular formula is C13H24N2O3. The van der Waals surface area contributed by atoms with Gasteiger partial charge in [0.1, 0.15) is 5.60 Å². The Labute approximate surface area is 109 Å². The molecule has 18 heavy (non-hydrogen) atoms. The van der Waals surface area contributed by atoms with Gasteiger partial charge in [0, 0.05) is 12.6 Å². The predicted octanol–water partition coefficient (Wildman–Crippen LogP) is 1.28. The SMILES string of the molecule is CC(C)(C)OC(=O)NCC(NC1COC1)C1CC1. The van der Waals surface area contributed by atoms with Gasteiger partial charge in [-0.2, -0.15) is 0 Å². The highest BCUT2D eigenvalue weighted by atomic mass is 16.6. The molecule has 1 aliphatic heterocycles. The van der Waals surface area contributed by atoms with Gasteiger partial charge in [-0.25, -0.2) is 4.79 Å². The summed E-state index contributed by atoms with van der Waals surface area (Å²) in [5.41, 5.74) is -0.436. The standard InChI is InChI=1S/C13H24N2O3/c1-13(2,3)18-12(16)14-6-11(9-4-5-9)15-10-7-17-8-10/h9-11,15H,4-8H2,1-3H3,(H,14,16). The summed E-state index contributed by atoms with van der Waals surface area (Å²) in [5.74, 6) is 0.695. The molecule has 0 aromatic heterocycles. The molecule has 0 radical (unpaired) electrons. The van der Waals surface area contributed by atoms with Crippen molar-refractivity contribution in [1.29, 1.82) is 0 Å². The van der Waals surface area contributed by atoms with Gasteiger partial charge < -0.3 is 20.1 Å². The van der Waals surface area contributed by atoms with E-state index in [1.807, 2.05) is 20.8 Å². The third kappa shape index (κ3) is 4.46. The first-order valence-electron chi connectivity index (χ1n) is 6.75. The van der Waals surface area contributed by atoms with Crippen LogP contribution in [0.25, 0.3) is 0 Å². The van der Waals surface area contributed by atoms with Crippen LogP contribution in [0.1, 0.15) is 33.6 Å². The van der Waals surface area contributed by atoms with Crippen molar-refractivity contribution in [3.8, 4) is 0 Å². The minimum atomic E-state index is -0.436. The molecule has 0 aromatic carbocycles. The summed E-state index contributed by atoms with van der Waals surface area (Å²) in [6.45, 7) is 7.82. The van der Waals surface area contributed by atoms with Gasteiger partial charge in [0.05, 0.1) is 19.3 Å². The van der Waals surface area contributed by atoms with Crippen molar-refractivity contribution in [2.75, 3.05) is 19.8 Å². The summed E-state index contributed by atoms with van der Waals surface area (Å²) < 4.78 is 10.4. The van der Waals surface area contributed by atoms with Gasteiger partial charge in [-0.05, 0) is 39.5 Å². The summed E-state index contributed by atoms with van der Waals surface area (Å²) in [6, 6.07) is 0.808. The Kier molecular flexibility index (Phi) is 4.12. The van der Waals surface area contributed by atoms with Crippen molar-refractivity contribution >= 4 is 6.09 Å². The normalized spacial score (nSPS) is 22.2. The molecule has 0 bridgehead atoms. The zero-order valence-electron chi connectivity index (χ0n) is 11.5. The number of nitrogens with one attached hydrogen (secondary N) is 2. The lowest BCUT2D eigenvalue weighted by molar-refractivity contribution is -0.0113. The fraction of sp³-hybridized carbons (Fsp3) is 0.923. The van der Waals surface area contributed by atoms with Crippen molar-refractivity contribution < 1.29 is 14.3 Å². The first-order chi connectivity index (χ1) is 8.44. The van der Waals surface area contributed by atoms with E-state index >= 15 is 0 Å². The first kappa shape index (κ1) is 13.6. The summed E-state index contributed by atoms with van der Waals surface area (Å²) in [4.78, 5) is 11.6. The first-order valence-corrected chi connectivity index (χ1v) is 6.75. The minimum absolute atomic E-state index is 0.334. The summed E-state index contributed by atoms with van der Waals surface area (Å²) in [7, 11) is 0. The van der Waals surface area contributed by atoms with E-state index in [9.17, 15) is 4.79 Å². The van der Waals surface area contributed by atoms with Crippen molar-refractivity contribution in [2.24, 2.45) is 5.92 Å². The highest BCUT2D eigenvalue weighted by Crippen LogP contribution is 2.32. The van der Waals surface area contributed by atoms with Crippen LogP contribution in [0.3, 0.4) is 0 Å². The monoisotopic (exact) mass is 256 g/mol. The maximum absolute atomic E-state index is 11.6. The van der Waals surface area contributed by atoms with Crippen LogP contribution in [0.15, 0.2) is 0 Å². The lowest BCUT2D eigenvalue weighted by Gasteiger charge is -2.32. The van der Waals surface area contributed by atoms with E-state index in [2.05, 4.69) is 10.6 Å². The van der Waals surface area contributed by atoms with Crippen molar-refractivity contribution in [1.82, 2.24) is 10.6 Å². The number of ether oxygens (including phenoxy) is 2. The maximum Gasteiger partial charge on any atom is 0.407 e. The van der Waals surface area contributed by atoms with Crippen molar-refractivity contribution in [3.05, 3.63) is 0 Å². The van der Waals surface area contributed by atoms with Gasteiger partial charge in [-0.1, -0.05) is 0 Å². The molecule has 2 rings (SSSR count). The molecule has 1 saturated carbocycles. The van der Waals surface area contributed by atoms with Crippen LogP contribution < -0.4 is 10.6 Å². The second-order valence-electron chi connectivity index (χ2n) is 6.23. The molecule has 1 aliphatic carbocycles. The van der Waals surface area contributed by atoms with Crippen LogP contribution in [-0.2, 0) is 9.47 Å². The van der Waals surface area contributed by atoms with Crippen molar-refractivity contribution in [2.45, 2.75) is 51.3 Å². The van der Waals surface area contributed by atoms with Gasteiger partial charge in [0.2, 0.25) is 0 Å². The van der Waals surface area contributed by atoms with E-state index in [4.69, 9.17) is 9.47 Å². The minimum Gasteiger partial charge on any atom is -0.444 e. The summed E-state index contributed by atoms with van der Waals surface area (Å²) >= 11 is 0. The van der Waals surface area contributed by atoms with Crippen LogP contribution in [0.5, 0.6) is 0 Å². The Morgan fingerprint density at radius 2 is 2.06 bits per heavy atom. The molecule has 0 aromatic rings. The zero-order chi connectivity index (χ0) is 13.2. The highest BCUT2D eigenvalue weighted by Gasteiger charge is 2.34. The largest absolute Gasteiger partial charge is 0.444 e. The number of rotatable bonds is 5. The van der Waals surface area contributed by atoms with Gasteiger partial charge in [-0.3, -0.25) is 0 Å². The second kappa shape index (κ2) is 5.45. The van der Waals surface area contributed by atoms with Crippen LogP contribution in [0.2, 0.25) is 0 Å². The smallest absolute Gasteiger partial charge is 0.407 e. The molecule has 1 atom stereocenters. The number of amides is 1. The number of carbonyl (C=O) groups is 1. The number of carbonyl (C=O) groups excluding carboxylic acids is 1. The molecule has 1 saturated heterocycles. The fourth-order valence-corrected chi connectivity index (χ4v) is 2.00. The molecular weight excluding hydrogens is 232 g/mol. The quantitative estimate of drug-likeness (QED) is 0.778. The average molecular weight is 256 g/mol. The lowest BCUT2D eigenvalue weighted by Crippen LogP contribution is -2.54. The van der Waals surface area contributed by atoms with Gasteiger partial charge in [0.25, 0.3) is 0 Å². The number of hydrogen-bond acceptors (Lipinski definition) is 4. The molecule has 5 nitrogen and oxygen atoms in total. The molecule has 0 spiro atoms. The summed E-state index contributed by atoms with van der Waals surface area (Å²) in [6.07, 6.45) is 2.17. The molecule has 5 heteroatoms. The molecule has 1 heterocycles. The Balaban J connectivity index is 1.70. The van der Waals surface area contributed by atoms with E-state index in [-0.39, 0.29) is 6.09 Å². The maximum atomic E-state index is 11.6. The second-order valence-corrected chi connectivity index (χ2v) is 6.23. The topological polar surface area (TPSA) is 59.6 Å². The Hall–Kier alpha value is -0.810. The van der Waals surface area contributed by atoms with E-state index in [0.717, 1.165) is 13.2 Å². The highest BCUT2D eigenvalue weighted by molar-refractivity contribution is 5.67. The zero-order valence-corrected chi connectivity index (χ0v) is 11.5. The third-order valence-corrected chi connectivity index (χ3v) is 3.14. The molecule has 2 N–H and O–H groups in total. The fourth-order valence-electron chi connectivity index (χ4n) is 2.00. The van der Waals surface area contributed by atoms with E-state index in [1.165, 1.54) is 12.8 Å². The van der Waals surface area contributed by atoms with E-state index < -0.39 is 5.60 Å². The van der Waals surface area contributed by atoms with Crippen LogP contribution in [-0.4, -0.2) is 43.5 Å². The average Bonchev–Trinajstić information content (AvgIpc) is 2.95. The lowest BCUT2D eigenvalue weighted by atomic mass is 10.1. The third-order valence-electron chi connectivity index (χ3n) is 3.14. The Morgan fingerprint density at radius 3 is 2.50 bits per heavy atom. The van der Waals surface area contributed by atoms with E-state index in [0.29, 0.717) is 24.5 Å². The molecule has 2 fully saturated rings. The molecule has 1 amide bonds.